The number of carbonyl (C=O) groups excluding carboxylic acids is 1. The number of thiophene rings is 1. The molecule has 0 aliphatic rings. The molecule has 124 valence electrons. The summed E-state index contributed by atoms with van der Waals surface area (Å²) in [4.78, 5) is 22.0. The summed E-state index contributed by atoms with van der Waals surface area (Å²) in [6, 6.07) is 3.34. The van der Waals surface area contributed by atoms with Gasteiger partial charge in [-0.25, -0.2) is 18.7 Å². The lowest BCUT2D eigenvalue weighted by Crippen LogP contribution is -2.22. The maximum atomic E-state index is 13.5. The zero-order valence-electron chi connectivity index (χ0n) is 12.9. The van der Waals surface area contributed by atoms with Gasteiger partial charge in [0.05, 0.1) is 5.39 Å². The topological polar surface area (TPSA) is 64.1 Å². The van der Waals surface area contributed by atoms with Crippen LogP contribution in [0.25, 0.3) is 10.2 Å². The number of rotatable bonds is 4. The Labute approximate surface area is 140 Å². The molecule has 0 saturated heterocycles. The predicted octanol–water partition coefficient (Wildman–Crippen LogP) is 3.60. The number of hydrogen-bond donors (Lipinski definition) is 1. The van der Waals surface area contributed by atoms with Crippen LogP contribution >= 0.6 is 11.3 Å². The lowest BCUT2D eigenvalue weighted by atomic mass is 10.2. The van der Waals surface area contributed by atoms with Gasteiger partial charge in [-0.2, -0.15) is 0 Å². The average Bonchev–Trinajstić information content (AvgIpc) is 2.84. The molecular weight excluding hydrogens is 336 g/mol. The van der Waals surface area contributed by atoms with Crippen molar-refractivity contribution in [3.8, 4) is 5.88 Å². The Balaban J connectivity index is 1.75. The highest BCUT2D eigenvalue weighted by molar-refractivity contribution is 7.18. The van der Waals surface area contributed by atoms with E-state index in [2.05, 4.69) is 15.3 Å². The molecule has 0 unspecified atom stereocenters. The molecule has 1 amide bonds. The van der Waals surface area contributed by atoms with Crippen LogP contribution in [0.2, 0.25) is 0 Å². The molecule has 0 aliphatic carbocycles. The third-order valence-electron chi connectivity index (χ3n) is 3.50. The van der Waals surface area contributed by atoms with Gasteiger partial charge in [0.25, 0.3) is 5.91 Å². The van der Waals surface area contributed by atoms with Crippen LogP contribution in [-0.4, -0.2) is 22.5 Å². The molecule has 2 heterocycles. The van der Waals surface area contributed by atoms with Gasteiger partial charge in [-0.05, 0) is 31.5 Å². The van der Waals surface area contributed by atoms with Gasteiger partial charge >= 0.3 is 0 Å². The number of nitrogens with one attached hydrogen (secondary N) is 1. The van der Waals surface area contributed by atoms with Gasteiger partial charge in [-0.1, -0.05) is 6.07 Å². The van der Waals surface area contributed by atoms with Crippen LogP contribution in [-0.2, 0) is 4.79 Å². The molecule has 3 rings (SSSR count). The maximum absolute atomic E-state index is 13.5. The molecule has 0 saturated carbocycles. The highest BCUT2D eigenvalue weighted by atomic mass is 32.1. The van der Waals surface area contributed by atoms with Crippen molar-refractivity contribution in [2.75, 3.05) is 11.9 Å². The van der Waals surface area contributed by atoms with Crippen molar-refractivity contribution >= 4 is 33.1 Å². The Morgan fingerprint density at radius 1 is 1.25 bits per heavy atom. The van der Waals surface area contributed by atoms with Crippen LogP contribution < -0.4 is 10.1 Å². The smallest absolute Gasteiger partial charge is 0.262 e. The predicted molar refractivity (Wildman–Crippen MR) is 87.4 cm³/mol. The molecule has 3 aromatic rings. The number of hydrogen-bond acceptors (Lipinski definition) is 5. The molecule has 1 aromatic carbocycles. The summed E-state index contributed by atoms with van der Waals surface area (Å²) in [7, 11) is 0. The Morgan fingerprint density at radius 2 is 1.96 bits per heavy atom. The van der Waals surface area contributed by atoms with Crippen LogP contribution in [0, 0.1) is 25.5 Å². The molecule has 0 radical (unpaired) electrons. The summed E-state index contributed by atoms with van der Waals surface area (Å²) in [6.07, 6.45) is 1.35. The fraction of sp³-hybridized carbons (Fsp3) is 0.188. The molecule has 0 atom stereocenters. The number of nitrogens with zero attached hydrogens (tertiary/aromatic N) is 2. The van der Waals surface area contributed by atoms with Gasteiger partial charge in [-0.3, -0.25) is 4.79 Å². The van der Waals surface area contributed by atoms with E-state index in [1.54, 1.807) is 0 Å². The first-order chi connectivity index (χ1) is 11.5. The lowest BCUT2D eigenvalue weighted by Gasteiger charge is -2.09. The second-order valence-corrected chi connectivity index (χ2v) is 6.28. The van der Waals surface area contributed by atoms with Crippen molar-refractivity contribution in [1.29, 1.82) is 0 Å². The van der Waals surface area contributed by atoms with Crippen molar-refractivity contribution in [3.63, 3.8) is 0 Å². The van der Waals surface area contributed by atoms with Crippen molar-refractivity contribution in [3.05, 3.63) is 46.6 Å². The minimum Gasteiger partial charge on any atom is -0.467 e. The summed E-state index contributed by atoms with van der Waals surface area (Å²) in [5, 5.41) is 2.90. The number of amides is 1. The molecule has 5 nitrogen and oxygen atoms in total. The summed E-state index contributed by atoms with van der Waals surface area (Å²) in [5.74, 6) is -2.12. The van der Waals surface area contributed by atoms with Gasteiger partial charge < -0.3 is 10.1 Å². The summed E-state index contributed by atoms with van der Waals surface area (Å²) < 4.78 is 32.5. The van der Waals surface area contributed by atoms with Crippen molar-refractivity contribution < 1.29 is 18.3 Å². The highest BCUT2D eigenvalue weighted by Crippen LogP contribution is 2.33. The first-order valence-corrected chi connectivity index (χ1v) is 7.86. The number of fused-ring (bicyclic) bond motifs is 1. The Morgan fingerprint density at radius 3 is 2.67 bits per heavy atom. The van der Waals surface area contributed by atoms with E-state index in [-0.39, 0.29) is 5.88 Å². The van der Waals surface area contributed by atoms with E-state index in [1.807, 2.05) is 13.8 Å². The van der Waals surface area contributed by atoms with Gasteiger partial charge in [0, 0.05) is 4.88 Å². The zero-order valence-corrected chi connectivity index (χ0v) is 13.7. The second-order valence-electron chi connectivity index (χ2n) is 5.08. The minimum atomic E-state index is -0.850. The number of carbonyl (C=O) groups is 1. The van der Waals surface area contributed by atoms with E-state index in [0.29, 0.717) is 0 Å². The number of aryl methyl sites for hydroxylation is 2. The van der Waals surface area contributed by atoms with E-state index in [9.17, 15) is 13.6 Å². The fourth-order valence-electron chi connectivity index (χ4n) is 2.19. The molecule has 2 aromatic heterocycles. The molecule has 0 bridgehead atoms. The van der Waals surface area contributed by atoms with Crippen molar-refractivity contribution in [2.24, 2.45) is 0 Å². The number of halogens is 2. The average molecular weight is 349 g/mol. The van der Waals surface area contributed by atoms with E-state index >= 15 is 0 Å². The van der Waals surface area contributed by atoms with Crippen LogP contribution in [0.5, 0.6) is 5.88 Å². The Kier molecular flexibility index (Phi) is 4.39. The number of para-hydroxylation sites is 1. The van der Waals surface area contributed by atoms with Crippen LogP contribution in [0.15, 0.2) is 24.5 Å². The van der Waals surface area contributed by atoms with E-state index in [0.717, 1.165) is 32.8 Å². The summed E-state index contributed by atoms with van der Waals surface area (Å²) in [5.41, 5.74) is 0.479. The number of benzene rings is 1. The normalized spacial score (nSPS) is 10.8. The Bertz CT molecular complexity index is 907. The number of ether oxygens (including phenoxy) is 1. The molecule has 8 heteroatoms. The standard InChI is InChI=1S/C16H13F2N3O2S/c1-8-9(2)24-16-13(8)15(19-7-20-16)23-6-12(22)21-14-10(17)4-3-5-11(14)18/h3-5,7H,6H2,1-2H3,(H,21,22). The monoisotopic (exact) mass is 349 g/mol. The number of anilines is 1. The highest BCUT2D eigenvalue weighted by Gasteiger charge is 2.16. The van der Waals surface area contributed by atoms with E-state index in [4.69, 9.17) is 4.74 Å². The summed E-state index contributed by atoms with van der Waals surface area (Å²) in [6.45, 7) is 3.45. The SMILES string of the molecule is Cc1sc2ncnc(OCC(=O)Nc3c(F)cccc3F)c2c1C. The number of aromatic nitrogens is 2. The van der Waals surface area contributed by atoms with E-state index < -0.39 is 29.8 Å². The molecule has 1 N–H and O–H groups in total. The van der Waals surface area contributed by atoms with Crippen molar-refractivity contribution in [1.82, 2.24) is 9.97 Å². The second kappa shape index (κ2) is 6.48. The van der Waals surface area contributed by atoms with Gasteiger partial charge in [-0.15, -0.1) is 11.3 Å². The largest absolute Gasteiger partial charge is 0.467 e. The summed E-state index contributed by atoms with van der Waals surface area (Å²) >= 11 is 1.50. The third kappa shape index (κ3) is 3.05. The van der Waals surface area contributed by atoms with Gasteiger partial charge in [0.1, 0.15) is 28.5 Å². The molecule has 0 fully saturated rings. The third-order valence-corrected chi connectivity index (χ3v) is 4.61. The quantitative estimate of drug-likeness (QED) is 0.782. The van der Waals surface area contributed by atoms with Gasteiger partial charge in [0.2, 0.25) is 5.88 Å². The molecular formula is C16H13F2N3O2S. The minimum absolute atomic E-state index is 0.269. The Hall–Kier alpha value is -2.61. The van der Waals surface area contributed by atoms with Gasteiger partial charge in [0.15, 0.2) is 6.61 Å². The molecule has 0 spiro atoms. The van der Waals surface area contributed by atoms with Crippen LogP contribution in [0.3, 0.4) is 0 Å². The zero-order chi connectivity index (χ0) is 17.3. The van der Waals surface area contributed by atoms with Crippen molar-refractivity contribution in [2.45, 2.75) is 13.8 Å². The molecule has 0 aliphatic heterocycles. The van der Waals surface area contributed by atoms with Crippen LogP contribution in [0.1, 0.15) is 10.4 Å². The maximum Gasteiger partial charge on any atom is 0.262 e. The van der Waals surface area contributed by atoms with Crippen LogP contribution in [0.4, 0.5) is 14.5 Å². The van der Waals surface area contributed by atoms with E-state index in [1.165, 1.54) is 23.7 Å². The first kappa shape index (κ1) is 16.3. The lowest BCUT2D eigenvalue weighted by molar-refractivity contribution is -0.118. The fourth-order valence-corrected chi connectivity index (χ4v) is 3.17. The first-order valence-electron chi connectivity index (χ1n) is 7.04. The molecule has 24 heavy (non-hydrogen) atoms.